The molecule has 1 aliphatic heterocycles. The number of anilines is 1. The lowest BCUT2D eigenvalue weighted by Crippen LogP contribution is -2.26. The fourth-order valence-electron chi connectivity index (χ4n) is 2.84. The van der Waals surface area contributed by atoms with Crippen LogP contribution in [0, 0.1) is 11.7 Å². The third kappa shape index (κ3) is 3.07. The first-order chi connectivity index (χ1) is 9.17. The highest BCUT2D eigenvalue weighted by Crippen LogP contribution is 2.32. The number of nitrogens with zero attached hydrogens (tertiary/aromatic N) is 1. The molecule has 1 aliphatic rings. The van der Waals surface area contributed by atoms with Crippen molar-refractivity contribution < 1.29 is 9.50 Å². The van der Waals surface area contributed by atoms with Gasteiger partial charge in [-0.1, -0.05) is 13.0 Å². The molecule has 2 N–H and O–H groups in total. The van der Waals surface area contributed by atoms with Gasteiger partial charge in [0.1, 0.15) is 5.82 Å². The van der Waals surface area contributed by atoms with E-state index < -0.39 is 0 Å². The molecule has 0 radical (unpaired) electrons. The summed E-state index contributed by atoms with van der Waals surface area (Å²) in [6.07, 6.45) is 0.974. The van der Waals surface area contributed by atoms with Crippen molar-refractivity contribution in [2.45, 2.75) is 26.3 Å². The Morgan fingerprint density at radius 2 is 2.32 bits per heavy atom. The van der Waals surface area contributed by atoms with Gasteiger partial charge in [-0.15, -0.1) is 0 Å². The van der Waals surface area contributed by atoms with Crippen molar-refractivity contribution in [1.82, 2.24) is 5.32 Å². The van der Waals surface area contributed by atoms with Gasteiger partial charge in [0, 0.05) is 42.9 Å². The highest BCUT2D eigenvalue weighted by Gasteiger charge is 2.26. The zero-order chi connectivity index (χ0) is 13.8. The van der Waals surface area contributed by atoms with E-state index in [0.29, 0.717) is 5.92 Å². The molecule has 1 heterocycles. The maximum absolute atomic E-state index is 14.1. The minimum absolute atomic E-state index is 0.00521. The summed E-state index contributed by atoms with van der Waals surface area (Å²) < 4.78 is 14.1. The molecule has 0 aliphatic carbocycles. The molecule has 1 aromatic rings. The summed E-state index contributed by atoms with van der Waals surface area (Å²) >= 11 is 0. The number of aliphatic hydroxyl groups is 1. The summed E-state index contributed by atoms with van der Waals surface area (Å²) in [7, 11) is 0. The summed E-state index contributed by atoms with van der Waals surface area (Å²) in [6, 6.07) is 5.26. The Labute approximate surface area is 114 Å². The van der Waals surface area contributed by atoms with Gasteiger partial charge in [0.2, 0.25) is 0 Å². The maximum Gasteiger partial charge on any atom is 0.130 e. The lowest BCUT2D eigenvalue weighted by Gasteiger charge is -2.25. The molecule has 2 unspecified atom stereocenters. The van der Waals surface area contributed by atoms with E-state index in [1.807, 2.05) is 19.9 Å². The number of hydrogen-bond donors (Lipinski definition) is 2. The van der Waals surface area contributed by atoms with Gasteiger partial charge in [-0.3, -0.25) is 0 Å². The predicted octanol–water partition coefficient (Wildman–Crippen LogP) is 2.31. The molecular weight excluding hydrogens is 243 g/mol. The van der Waals surface area contributed by atoms with Crippen LogP contribution in [-0.2, 0) is 0 Å². The molecule has 1 aromatic carbocycles. The summed E-state index contributed by atoms with van der Waals surface area (Å²) in [5, 5.41) is 12.5. The van der Waals surface area contributed by atoms with E-state index in [1.54, 1.807) is 6.07 Å². The van der Waals surface area contributed by atoms with E-state index in [2.05, 4.69) is 10.2 Å². The van der Waals surface area contributed by atoms with Crippen LogP contribution in [0.5, 0.6) is 0 Å². The highest BCUT2D eigenvalue weighted by molar-refractivity contribution is 5.56. The van der Waals surface area contributed by atoms with E-state index in [0.717, 1.165) is 37.3 Å². The van der Waals surface area contributed by atoms with Gasteiger partial charge in [0.05, 0.1) is 0 Å². The normalized spacial score (nSPS) is 20.8. The van der Waals surface area contributed by atoms with Gasteiger partial charge in [-0.05, 0) is 32.0 Å². The molecule has 19 heavy (non-hydrogen) atoms. The smallest absolute Gasteiger partial charge is 0.130 e. The van der Waals surface area contributed by atoms with Gasteiger partial charge < -0.3 is 15.3 Å². The number of rotatable bonds is 5. The Hall–Kier alpha value is -1.13. The molecule has 4 heteroatoms. The molecule has 0 aromatic heterocycles. The molecule has 106 valence electrons. The fourth-order valence-corrected chi connectivity index (χ4v) is 2.84. The average molecular weight is 266 g/mol. The summed E-state index contributed by atoms with van der Waals surface area (Å²) in [4.78, 5) is 2.19. The molecule has 3 nitrogen and oxygen atoms in total. The zero-order valence-corrected chi connectivity index (χ0v) is 11.7. The average Bonchev–Trinajstić information content (AvgIpc) is 2.87. The molecular formula is C15H23FN2O. The van der Waals surface area contributed by atoms with Crippen LogP contribution in [0.4, 0.5) is 10.1 Å². The number of halogens is 1. The summed E-state index contributed by atoms with van der Waals surface area (Å²) in [6.45, 7) is 6.74. The molecule has 1 fully saturated rings. The minimum Gasteiger partial charge on any atom is -0.396 e. The van der Waals surface area contributed by atoms with Crippen molar-refractivity contribution in [2.75, 3.05) is 31.1 Å². The van der Waals surface area contributed by atoms with Gasteiger partial charge in [0.15, 0.2) is 0 Å². The van der Waals surface area contributed by atoms with Crippen molar-refractivity contribution in [3.63, 3.8) is 0 Å². The van der Waals surface area contributed by atoms with Gasteiger partial charge in [-0.25, -0.2) is 4.39 Å². The maximum atomic E-state index is 14.1. The highest BCUT2D eigenvalue weighted by atomic mass is 19.1. The number of nitrogens with one attached hydrogen (secondary N) is 1. The largest absolute Gasteiger partial charge is 0.396 e. The summed E-state index contributed by atoms with van der Waals surface area (Å²) in [5.74, 6) is 0.156. The first-order valence-corrected chi connectivity index (χ1v) is 7.05. The van der Waals surface area contributed by atoms with Crippen molar-refractivity contribution in [1.29, 1.82) is 0 Å². The third-order valence-electron chi connectivity index (χ3n) is 3.86. The van der Waals surface area contributed by atoms with E-state index in [1.165, 1.54) is 6.07 Å². The number of aliphatic hydroxyl groups excluding tert-OH is 1. The number of hydrogen-bond acceptors (Lipinski definition) is 3. The lowest BCUT2D eigenvalue weighted by atomic mass is 10.0. The van der Waals surface area contributed by atoms with Crippen LogP contribution >= 0.6 is 0 Å². The summed E-state index contributed by atoms with van der Waals surface area (Å²) in [5.41, 5.74) is 1.70. The topological polar surface area (TPSA) is 35.5 Å². The van der Waals surface area contributed by atoms with Crippen LogP contribution < -0.4 is 10.2 Å². The van der Waals surface area contributed by atoms with Crippen LogP contribution in [0.3, 0.4) is 0 Å². The van der Waals surface area contributed by atoms with E-state index in [4.69, 9.17) is 0 Å². The Morgan fingerprint density at radius 3 is 2.95 bits per heavy atom. The third-order valence-corrected chi connectivity index (χ3v) is 3.86. The van der Waals surface area contributed by atoms with E-state index in [-0.39, 0.29) is 18.5 Å². The Balaban J connectivity index is 2.27. The Kier molecular flexibility index (Phi) is 4.77. The SMILES string of the molecule is CCNC(C)c1c(F)cccc1N1CCC(CO)C1. The van der Waals surface area contributed by atoms with E-state index >= 15 is 0 Å². The van der Waals surface area contributed by atoms with Crippen LogP contribution in [0.1, 0.15) is 31.9 Å². The Bertz CT molecular complexity index is 425. The number of benzene rings is 1. The molecule has 2 rings (SSSR count). The second-order valence-electron chi connectivity index (χ2n) is 5.24. The van der Waals surface area contributed by atoms with Crippen LogP contribution in [0.2, 0.25) is 0 Å². The lowest BCUT2D eigenvalue weighted by molar-refractivity contribution is 0.238. The van der Waals surface area contributed by atoms with Crippen molar-refractivity contribution >= 4 is 5.69 Å². The van der Waals surface area contributed by atoms with E-state index in [9.17, 15) is 9.50 Å². The molecule has 0 bridgehead atoms. The first kappa shape index (κ1) is 14.3. The van der Waals surface area contributed by atoms with Crippen LogP contribution in [0.25, 0.3) is 0 Å². The molecule has 1 saturated heterocycles. The van der Waals surface area contributed by atoms with Crippen molar-refractivity contribution in [3.8, 4) is 0 Å². The Morgan fingerprint density at radius 1 is 1.53 bits per heavy atom. The first-order valence-electron chi connectivity index (χ1n) is 7.05. The molecule has 0 spiro atoms. The quantitative estimate of drug-likeness (QED) is 0.858. The molecule has 2 atom stereocenters. The van der Waals surface area contributed by atoms with Gasteiger partial charge in [-0.2, -0.15) is 0 Å². The van der Waals surface area contributed by atoms with Crippen LogP contribution in [-0.4, -0.2) is 31.3 Å². The minimum atomic E-state index is -0.154. The molecule has 0 amide bonds. The van der Waals surface area contributed by atoms with Gasteiger partial charge >= 0.3 is 0 Å². The predicted molar refractivity (Wildman–Crippen MR) is 75.9 cm³/mol. The monoisotopic (exact) mass is 266 g/mol. The second kappa shape index (κ2) is 6.35. The fraction of sp³-hybridized carbons (Fsp3) is 0.600. The molecule has 0 saturated carbocycles. The second-order valence-corrected chi connectivity index (χ2v) is 5.24. The van der Waals surface area contributed by atoms with Crippen molar-refractivity contribution in [2.24, 2.45) is 5.92 Å². The van der Waals surface area contributed by atoms with Crippen molar-refractivity contribution in [3.05, 3.63) is 29.6 Å². The zero-order valence-electron chi connectivity index (χ0n) is 11.7. The standard InChI is InChI=1S/C15H23FN2O/c1-3-17-11(2)15-13(16)5-4-6-14(15)18-8-7-12(9-18)10-19/h4-6,11-12,17,19H,3,7-10H2,1-2H3. The van der Waals surface area contributed by atoms with Crippen LogP contribution in [0.15, 0.2) is 18.2 Å². The van der Waals surface area contributed by atoms with Gasteiger partial charge in [0.25, 0.3) is 0 Å².